The maximum atomic E-state index is 11.7. The Morgan fingerprint density at radius 2 is 1.75 bits per heavy atom. The van der Waals surface area contributed by atoms with Gasteiger partial charge in [-0.3, -0.25) is 4.79 Å². The van der Waals surface area contributed by atoms with Crippen LogP contribution in [0.1, 0.15) is 18.4 Å². The first kappa shape index (κ1) is 14.7. The molecule has 0 atom stereocenters. The molecular weight excluding hydrogens is 266 g/mol. The summed E-state index contributed by atoms with van der Waals surface area (Å²) in [5.41, 5.74) is 2.14. The quantitative estimate of drug-likeness (QED) is 0.625. The molecule has 0 aliphatic heterocycles. The zero-order valence-corrected chi connectivity index (χ0v) is 12.5. The Morgan fingerprint density at radius 1 is 1.05 bits per heavy atom. The third kappa shape index (κ3) is 5.10. The number of anilines is 1. The van der Waals surface area contributed by atoms with Crippen LogP contribution in [-0.4, -0.2) is 11.7 Å². The first-order valence-electron chi connectivity index (χ1n) is 6.78. The van der Waals surface area contributed by atoms with Gasteiger partial charge in [0, 0.05) is 17.0 Å². The molecule has 0 aliphatic rings. The molecule has 0 fully saturated rings. The van der Waals surface area contributed by atoms with E-state index in [0.29, 0.717) is 6.42 Å². The fraction of sp³-hybridized carbons (Fsp3) is 0.235. The Hall–Kier alpha value is -1.74. The minimum Gasteiger partial charge on any atom is -0.326 e. The highest BCUT2D eigenvalue weighted by atomic mass is 32.2. The highest BCUT2D eigenvalue weighted by Gasteiger charge is 2.02. The van der Waals surface area contributed by atoms with Gasteiger partial charge >= 0.3 is 0 Å². The van der Waals surface area contributed by atoms with Crippen LogP contribution in [0.25, 0.3) is 0 Å². The second-order valence-corrected chi connectivity index (χ2v) is 5.85. The van der Waals surface area contributed by atoms with Crippen molar-refractivity contribution in [3.8, 4) is 0 Å². The van der Waals surface area contributed by atoms with Gasteiger partial charge in [-0.1, -0.05) is 35.9 Å². The third-order valence-corrected chi connectivity index (χ3v) is 3.99. The highest BCUT2D eigenvalue weighted by molar-refractivity contribution is 7.99. The number of para-hydroxylation sites is 1. The maximum Gasteiger partial charge on any atom is 0.224 e. The van der Waals surface area contributed by atoms with Crippen molar-refractivity contribution in [2.75, 3.05) is 11.1 Å². The molecule has 2 rings (SSSR count). The van der Waals surface area contributed by atoms with Crippen LogP contribution < -0.4 is 5.32 Å². The van der Waals surface area contributed by atoms with Gasteiger partial charge in [0.05, 0.1) is 0 Å². The lowest BCUT2D eigenvalue weighted by atomic mass is 10.2. The van der Waals surface area contributed by atoms with Gasteiger partial charge in [0.1, 0.15) is 0 Å². The van der Waals surface area contributed by atoms with E-state index in [9.17, 15) is 4.79 Å². The summed E-state index contributed by atoms with van der Waals surface area (Å²) in [6, 6.07) is 18.1. The number of nitrogens with one attached hydrogen (secondary N) is 1. The van der Waals surface area contributed by atoms with Gasteiger partial charge in [0.2, 0.25) is 5.91 Å². The van der Waals surface area contributed by atoms with Crippen molar-refractivity contribution in [3.63, 3.8) is 0 Å². The number of hydrogen-bond acceptors (Lipinski definition) is 2. The maximum absolute atomic E-state index is 11.7. The molecule has 0 saturated carbocycles. The summed E-state index contributed by atoms with van der Waals surface area (Å²) in [4.78, 5) is 13.0. The van der Waals surface area contributed by atoms with Gasteiger partial charge in [-0.15, -0.1) is 11.8 Å². The molecule has 20 heavy (non-hydrogen) atoms. The monoisotopic (exact) mass is 285 g/mol. The van der Waals surface area contributed by atoms with Gasteiger partial charge in [-0.25, -0.2) is 0 Å². The van der Waals surface area contributed by atoms with Gasteiger partial charge in [0.25, 0.3) is 0 Å². The van der Waals surface area contributed by atoms with Crippen LogP contribution in [0, 0.1) is 6.92 Å². The fourth-order valence-electron chi connectivity index (χ4n) is 1.80. The fourth-order valence-corrected chi connectivity index (χ4v) is 2.66. The molecule has 1 N–H and O–H groups in total. The molecule has 0 aromatic heterocycles. The summed E-state index contributed by atoms with van der Waals surface area (Å²) < 4.78 is 0. The van der Waals surface area contributed by atoms with Gasteiger partial charge in [0.15, 0.2) is 0 Å². The Balaban J connectivity index is 1.66. The molecule has 2 nitrogen and oxygen atoms in total. The van der Waals surface area contributed by atoms with Crippen molar-refractivity contribution in [1.82, 2.24) is 0 Å². The van der Waals surface area contributed by atoms with Gasteiger partial charge in [-0.05, 0) is 43.4 Å². The highest BCUT2D eigenvalue weighted by Crippen LogP contribution is 2.19. The van der Waals surface area contributed by atoms with E-state index in [2.05, 4.69) is 36.5 Å². The summed E-state index contributed by atoms with van der Waals surface area (Å²) in [5, 5.41) is 2.90. The van der Waals surface area contributed by atoms with Crippen molar-refractivity contribution in [3.05, 3.63) is 60.2 Å². The molecule has 104 valence electrons. The number of hydrogen-bond donors (Lipinski definition) is 1. The molecule has 0 heterocycles. The summed E-state index contributed by atoms with van der Waals surface area (Å²) in [6.45, 7) is 2.09. The Bertz CT molecular complexity index is 537. The van der Waals surface area contributed by atoms with Crippen LogP contribution in [0.2, 0.25) is 0 Å². The van der Waals surface area contributed by atoms with Gasteiger partial charge in [-0.2, -0.15) is 0 Å². The van der Waals surface area contributed by atoms with E-state index in [1.165, 1.54) is 10.5 Å². The number of carbonyl (C=O) groups excluding carboxylic acids is 1. The van der Waals surface area contributed by atoms with E-state index >= 15 is 0 Å². The summed E-state index contributed by atoms with van der Waals surface area (Å²) in [7, 11) is 0. The molecule has 0 bridgehead atoms. The number of thioether (sulfide) groups is 1. The predicted molar refractivity (Wildman–Crippen MR) is 86.2 cm³/mol. The van der Waals surface area contributed by atoms with E-state index in [4.69, 9.17) is 0 Å². The van der Waals surface area contributed by atoms with E-state index in [1.54, 1.807) is 11.8 Å². The van der Waals surface area contributed by atoms with E-state index in [-0.39, 0.29) is 5.91 Å². The van der Waals surface area contributed by atoms with E-state index in [0.717, 1.165) is 17.9 Å². The van der Waals surface area contributed by atoms with Crippen LogP contribution >= 0.6 is 11.8 Å². The lowest BCUT2D eigenvalue weighted by Gasteiger charge is -2.05. The predicted octanol–water partition coefficient (Wildman–Crippen LogP) is 4.51. The molecular formula is C17H19NOS. The molecule has 0 unspecified atom stereocenters. The second kappa shape index (κ2) is 7.75. The van der Waals surface area contributed by atoms with Crippen LogP contribution in [0.3, 0.4) is 0 Å². The number of benzene rings is 2. The summed E-state index contributed by atoms with van der Waals surface area (Å²) >= 11 is 1.80. The molecule has 0 saturated heterocycles. The topological polar surface area (TPSA) is 29.1 Å². The van der Waals surface area contributed by atoms with E-state index in [1.807, 2.05) is 30.3 Å². The van der Waals surface area contributed by atoms with Gasteiger partial charge < -0.3 is 5.32 Å². The third-order valence-electron chi connectivity index (χ3n) is 2.90. The van der Waals surface area contributed by atoms with E-state index < -0.39 is 0 Å². The Morgan fingerprint density at radius 3 is 2.45 bits per heavy atom. The van der Waals surface area contributed by atoms with Crippen molar-refractivity contribution < 1.29 is 4.79 Å². The normalized spacial score (nSPS) is 10.2. The lowest BCUT2D eigenvalue weighted by Crippen LogP contribution is -2.11. The SMILES string of the molecule is Cc1ccc(SCCCC(=O)Nc2ccccc2)cc1. The zero-order chi connectivity index (χ0) is 14.2. The van der Waals surface area contributed by atoms with Crippen LogP contribution in [0.15, 0.2) is 59.5 Å². The lowest BCUT2D eigenvalue weighted by molar-refractivity contribution is -0.116. The average molecular weight is 285 g/mol. The first-order valence-corrected chi connectivity index (χ1v) is 7.77. The Labute approximate surface area is 124 Å². The number of amides is 1. The molecule has 1 amide bonds. The first-order chi connectivity index (χ1) is 9.74. The number of rotatable bonds is 6. The Kier molecular flexibility index (Phi) is 5.69. The largest absolute Gasteiger partial charge is 0.326 e. The van der Waals surface area contributed by atoms with Crippen LogP contribution in [0.5, 0.6) is 0 Å². The minimum atomic E-state index is 0.0840. The summed E-state index contributed by atoms with van der Waals surface area (Å²) in [6.07, 6.45) is 1.45. The molecule has 0 aliphatic carbocycles. The summed E-state index contributed by atoms with van der Waals surface area (Å²) in [5.74, 6) is 1.05. The van der Waals surface area contributed by atoms with Crippen molar-refractivity contribution in [2.24, 2.45) is 0 Å². The molecule has 2 aromatic carbocycles. The zero-order valence-electron chi connectivity index (χ0n) is 11.6. The average Bonchev–Trinajstić information content (AvgIpc) is 2.46. The number of aryl methyl sites for hydroxylation is 1. The number of carbonyl (C=O) groups is 1. The van der Waals surface area contributed by atoms with Crippen molar-refractivity contribution >= 4 is 23.4 Å². The molecule has 0 spiro atoms. The van der Waals surface area contributed by atoms with Crippen molar-refractivity contribution in [2.45, 2.75) is 24.7 Å². The van der Waals surface area contributed by atoms with Crippen molar-refractivity contribution in [1.29, 1.82) is 0 Å². The molecule has 2 aromatic rings. The standard InChI is InChI=1S/C17H19NOS/c1-14-9-11-16(12-10-14)20-13-5-8-17(19)18-15-6-3-2-4-7-15/h2-4,6-7,9-12H,5,8,13H2,1H3,(H,18,19). The molecule has 0 radical (unpaired) electrons. The minimum absolute atomic E-state index is 0.0840. The molecule has 3 heteroatoms. The second-order valence-electron chi connectivity index (χ2n) is 4.68. The smallest absolute Gasteiger partial charge is 0.224 e. The van der Waals surface area contributed by atoms with Crippen LogP contribution in [0.4, 0.5) is 5.69 Å². The van der Waals surface area contributed by atoms with Crippen LogP contribution in [-0.2, 0) is 4.79 Å².